The molecule has 3 N–H and O–H groups in total. The summed E-state index contributed by atoms with van der Waals surface area (Å²) in [5.41, 5.74) is 6.68. The second-order valence-electron chi connectivity index (χ2n) is 4.00. The summed E-state index contributed by atoms with van der Waals surface area (Å²) >= 11 is 1.57. The van der Waals surface area contributed by atoms with Gasteiger partial charge in [0, 0.05) is 4.88 Å². The number of nitrogens with one attached hydrogen (secondary N) is 1. The summed E-state index contributed by atoms with van der Waals surface area (Å²) in [7, 11) is 1.53. The van der Waals surface area contributed by atoms with Crippen molar-refractivity contribution in [1.82, 2.24) is 0 Å². The lowest BCUT2D eigenvalue weighted by Crippen LogP contribution is -2.13. The van der Waals surface area contributed by atoms with Crippen molar-refractivity contribution in [3.05, 3.63) is 40.8 Å². The summed E-state index contributed by atoms with van der Waals surface area (Å²) in [6, 6.07) is 9.07. The highest BCUT2D eigenvalue weighted by Crippen LogP contribution is 2.27. The van der Waals surface area contributed by atoms with Crippen molar-refractivity contribution in [3.63, 3.8) is 0 Å². The van der Waals surface area contributed by atoms with Crippen LogP contribution >= 0.6 is 11.3 Å². The average Bonchev–Trinajstić information content (AvgIpc) is 2.86. The van der Waals surface area contributed by atoms with Crippen LogP contribution in [0.3, 0.4) is 0 Å². The first-order valence-electron chi connectivity index (χ1n) is 5.98. The molecule has 1 amide bonds. The normalized spacial score (nSPS) is 10.2. The number of amides is 1. The van der Waals surface area contributed by atoms with Gasteiger partial charge in [-0.25, -0.2) is 0 Å². The molecular weight excluding hydrogens is 260 g/mol. The van der Waals surface area contributed by atoms with Crippen molar-refractivity contribution in [2.45, 2.75) is 13.3 Å². The monoisotopic (exact) mass is 276 g/mol. The molecule has 0 spiro atoms. The molecule has 0 atom stereocenters. The number of carbonyl (C=O) groups excluding carboxylic acids is 1. The number of ether oxygens (including phenoxy) is 1. The number of thiophene rings is 1. The number of anilines is 2. The number of nitrogen functional groups attached to an aromatic ring is 1. The molecule has 0 aliphatic carbocycles. The molecule has 5 heteroatoms. The topological polar surface area (TPSA) is 64.3 Å². The van der Waals surface area contributed by atoms with E-state index in [1.807, 2.05) is 12.1 Å². The summed E-state index contributed by atoms with van der Waals surface area (Å²) in [5.74, 6) is 0.286. The molecule has 0 unspecified atom stereocenters. The number of para-hydroxylation sites is 1. The maximum Gasteiger partial charge on any atom is 0.258 e. The first kappa shape index (κ1) is 13.4. The van der Waals surface area contributed by atoms with E-state index in [-0.39, 0.29) is 5.91 Å². The Balaban J connectivity index is 2.20. The Kier molecular flexibility index (Phi) is 4.06. The predicted octanol–water partition coefficient (Wildman–Crippen LogP) is 3.15. The van der Waals surface area contributed by atoms with Gasteiger partial charge in [0.25, 0.3) is 5.91 Å². The summed E-state index contributed by atoms with van der Waals surface area (Å²) < 4.78 is 5.11. The van der Waals surface area contributed by atoms with Crippen LogP contribution in [0, 0.1) is 0 Å². The summed E-state index contributed by atoms with van der Waals surface area (Å²) in [6.07, 6.45) is 0.960. The fourth-order valence-electron chi connectivity index (χ4n) is 1.73. The minimum Gasteiger partial charge on any atom is -0.495 e. The molecule has 0 saturated heterocycles. The Morgan fingerprint density at radius 1 is 1.37 bits per heavy atom. The van der Waals surface area contributed by atoms with Gasteiger partial charge in [0.1, 0.15) is 5.75 Å². The molecule has 100 valence electrons. The number of methoxy groups -OCH3 is 1. The Morgan fingerprint density at radius 2 is 2.16 bits per heavy atom. The van der Waals surface area contributed by atoms with Gasteiger partial charge in [-0.05, 0) is 30.7 Å². The van der Waals surface area contributed by atoms with Crippen LogP contribution in [-0.2, 0) is 6.42 Å². The zero-order valence-corrected chi connectivity index (χ0v) is 11.7. The molecule has 1 aromatic carbocycles. The van der Waals surface area contributed by atoms with Crippen LogP contribution in [0.4, 0.5) is 10.7 Å². The number of carbonyl (C=O) groups is 1. The Bertz CT molecular complexity index is 593. The van der Waals surface area contributed by atoms with Gasteiger partial charge in [-0.15, -0.1) is 11.3 Å². The molecule has 0 aliphatic rings. The van der Waals surface area contributed by atoms with Crippen molar-refractivity contribution >= 4 is 27.9 Å². The Morgan fingerprint density at radius 3 is 2.79 bits per heavy atom. The third-order valence-corrected chi connectivity index (χ3v) is 3.92. The van der Waals surface area contributed by atoms with E-state index in [1.54, 1.807) is 29.5 Å². The zero-order valence-electron chi connectivity index (χ0n) is 10.9. The van der Waals surface area contributed by atoms with Crippen LogP contribution in [0.5, 0.6) is 5.75 Å². The smallest absolute Gasteiger partial charge is 0.258 e. The highest BCUT2D eigenvalue weighted by Gasteiger charge is 2.13. The van der Waals surface area contributed by atoms with Crippen LogP contribution in [-0.4, -0.2) is 13.0 Å². The maximum atomic E-state index is 12.2. The number of benzene rings is 1. The fourth-order valence-corrected chi connectivity index (χ4v) is 2.58. The van der Waals surface area contributed by atoms with Crippen molar-refractivity contribution in [2.75, 3.05) is 18.2 Å². The van der Waals surface area contributed by atoms with Gasteiger partial charge in [0.05, 0.1) is 23.4 Å². The Hall–Kier alpha value is -2.01. The number of aryl methyl sites for hydroxylation is 1. The molecule has 1 aromatic heterocycles. The lowest BCUT2D eigenvalue weighted by atomic mass is 10.1. The molecule has 0 aliphatic heterocycles. The van der Waals surface area contributed by atoms with Gasteiger partial charge in [0.15, 0.2) is 0 Å². The minimum atomic E-state index is -0.221. The van der Waals surface area contributed by atoms with Gasteiger partial charge in [-0.2, -0.15) is 0 Å². The first-order valence-corrected chi connectivity index (χ1v) is 6.80. The van der Waals surface area contributed by atoms with Crippen molar-refractivity contribution in [1.29, 1.82) is 0 Å². The van der Waals surface area contributed by atoms with Crippen LogP contribution in [0.15, 0.2) is 30.3 Å². The number of nitrogens with two attached hydrogens (primary N) is 1. The van der Waals surface area contributed by atoms with Crippen molar-refractivity contribution < 1.29 is 9.53 Å². The van der Waals surface area contributed by atoms with Crippen LogP contribution in [0.25, 0.3) is 0 Å². The molecule has 19 heavy (non-hydrogen) atoms. The van der Waals surface area contributed by atoms with Gasteiger partial charge in [-0.3, -0.25) is 4.79 Å². The second kappa shape index (κ2) is 5.75. The molecule has 2 aromatic rings. The van der Waals surface area contributed by atoms with Crippen LogP contribution < -0.4 is 15.8 Å². The van der Waals surface area contributed by atoms with Gasteiger partial charge >= 0.3 is 0 Å². The third-order valence-electron chi connectivity index (χ3n) is 2.78. The van der Waals surface area contributed by atoms with E-state index in [2.05, 4.69) is 12.2 Å². The van der Waals surface area contributed by atoms with Gasteiger partial charge in [0.2, 0.25) is 0 Å². The number of rotatable bonds is 4. The van der Waals surface area contributed by atoms with E-state index in [4.69, 9.17) is 10.5 Å². The highest BCUT2D eigenvalue weighted by molar-refractivity contribution is 7.16. The molecule has 1 heterocycles. The third kappa shape index (κ3) is 2.88. The lowest BCUT2D eigenvalue weighted by Gasteiger charge is -2.09. The maximum absolute atomic E-state index is 12.2. The lowest BCUT2D eigenvalue weighted by molar-refractivity contribution is 0.102. The second-order valence-corrected chi connectivity index (χ2v) is 5.16. The van der Waals surface area contributed by atoms with E-state index >= 15 is 0 Å². The van der Waals surface area contributed by atoms with E-state index in [9.17, 15) is 4.79 Å². The van der Waals surface area contributed by atoms with Gasteiger partial charge in [-0.1, -0.05) is 13.0 Å². The quantitative estimate of drug-likeness (QED) is 0.843. The largest absolute Gasteiger partial charge is 0.495 e. The standard InChI is InChI=1S/C14H16N2O2S/c1-3-9-7-8-12(19-9)16-14(17)10-5-4-6-11(18-2)13(10)15/h4-8H,3,15H2,1-2H3,(H,16,17). The number of hydrogen-bond acceptors (Lipinski definition) is 4. The molecular formula is C14H16N2O2S. The molecule has 0 saturated carbocycles. The van der Waals surface area contributed by atoms with E-state index in [0.717, 1.165) is 11.4 Å². The fraction of sp³-hybridized carbons (Fsp3) is 0.214. The summed E-state index contributed by atoms with van der Waals surface area (Å²) in [4.78, 5) is 13.4. The van der Waals surface area contributed by atoms with Crippen LogP contribution in [0.1, 0.15) is 22.2 Å². The van der Waals surface area contributed by atoms with Gasteiger partial charge < -0.3 is 15.8 Å². The highest BCUT2D eigenvalue weighted by atomic mass is 32.1. The molecule has 0 radical (unpaired) electrons. The van der Waals surface area contributed by atoms with Crippen molar-refractivity contribution in [2.24, 2.45) is 0 Å². The molecule has 4 nitrogen and oxygen atoms in total. The molecule has 0 fully saturated rings. The van der Waals surface area contributed by atoms with E-state index in [1.165, 1.54) is 12.0 Å². The minimum absolute atomic E-state index is 0.221. The summed E-state index contributed by atoms with van der Waals surface area (Å²) in [6.45, 7) is 2.08. The SMILES string of the molecule is CCc1ccc(NC(=O)c2cccc(OC)c2N)s1. The van der Waals surface area contributed by atoms with Crippen molar-refractivity contribution in [3.8, 4) is 5.75 Å². The molecule has 2 rings (SSSR count). The predicted molar refractivity (Wildman–Crippen MR) is 79.1 cm³/mol. The molecule has 0 bridgehead atoms. The first-order chi connectivity index (χ1) is 9.15. The number of hydrogen-bond donors (Lipinski definition) is 2. The zero-order chi connectivity index (χ0) is 13.8. The van der Waals surface area contributed by atoms with E-state index in [0.29, 0.717) is 17.0 Å². The Labute approximate surface area is 116 Å². The average molecular weight is 276 g/mol. The van der Waals surface area contributed by atoms with Crippen LogP contribution in [0.2, 0.25) is 0 Å². The van der Waals surface area contributed by atoms with E-state index < -0.39 is 0 Å². The summed E-state index contributed by atoms with van der Waals surface area (Å²) in [5, 5.41) is 3.67.